The molecule has 0 fully saturated rings. The lowest BCUT2D eigenvalue weighted by molar-refractivity contribution is 0.0893. The van der Waals surface area contributed by atoms with Gasteiger partial charge in [-0.3, -0.25) is 9.59 Å². The zero-order valence-corrected chi connectivity index (χ0v) is 14.1. The summed E-state index contributed by atoms with van der Waals surface area (Å²) in [5.41, 5.74) is 2.29. The molecule has 3 aromatic rings. The lowest BCUT2D eigenvalue weighted by Gasteiger charge is -2.16. The Kier molecular flexibility index (Phi) is 5.36. The molecule has 0 N–H and O–H groups in total. The molecule has 0 aromatic heterocycles. The van der Waals surface area contributed by atoms with Crippen molar-refractivity contribution in [2.45, 2.75) is 12.3 Å². The molecule has 0 aliphatic rings. The quantitative estimate of drug-likeness (QED) is 0.606. The summed E-state index contributed by atoms with van der Waals surface area (Å²) in [6, 6.07) is 26.9. The Bertz CT molecular complexity index is 956. The van der Waals surface area contributed by atoms with Gasteiger partial charge in [-0.2, -0.15) is 5.26 Å². The highest BCUT2D eigenvalue weighted by Crippen LogP contribution is 2.27. The fourth-order valence-electron chi connectivity index (χ4n) is 2.92. The number of benzene rings is 3. The van der Waals surface area contributed by atoms with Crippen molar-refractivity contribution in [2.75, 3.05) is 0 Å². The lowest BCUT2D eigenvalue weighted by Crippen LogP contribution is -2.17. The maximum atomic E-state index is 13.1. The molecule has 0 heterocycles. The number of nitrogens with zero attached hydrogens (tertiary/aromatic N) is 1. The Morgan fingerprint density at radius 1 is 0.808 bits per heavy atom. The van der Waals surface area contributed by atoms with Crippen molar-refractivity contribution < 1.29 is 9.59 Å². The number of ketones is 2. The summed E-state index contributed by atoms with van der Waals surface area (Å²) in [5.74, 6) is -0.842. The summed E-state index contributed by atoms with van der Waals surface area (Å²) in [4.78, 5) is 25.8. The van der Waals surface area contributed by atoms with Gasteiger partial charge in [-0.1, -0.05) is 72.8 Å². The number of rotatable bonds is 6. The monoisotopic (exact) mass is 339 g/mol. The van der Waals surface area contributed by atoms with E-state index in [-0.39, 0.29) is 18.0 Å². The fraction of sp³-hybridized carbons (Fsp3) is 0.0870. The lowest BCUT2D eigenvalue weighted by atomic mass is 9.85. The van der Waals surface area contributed by atoms with Crippen molar-refractivity contribution in [3.05, 3.63) is 107 Å². The predicted octanol–water partition coefficient (Wildman–Crippen LogP) is 4.80. The molecule has 0 saturated heterocycles. The molecule has 0 radical (unpaired) electrons. The Morgan fingerprint density at radius 2 is 1.42 bits per heavy atom. The van der Waals surface area contributed by atoms with E-state index >= 15 is 0 Å². The van der Waals surface area contributed by atoms with Crippen LogP contribution in [0.2, 0.25) is 0 Å². The van der Waals surface area contributed by atoms with E-state index in [1.165, 1.54) is 0 Å². The summed E-state index contributed by atoms with van der Waals surface area (Å²) >= 11 is 0. The molecule has 0 aliphatic carbocycles. The van der Waals surface area contributed by atoms with Crippen LogP contribution in [-0.4, -0.2) is 11.6 Å². The number of carbonyl (C=O) groups is 2. The van der Waals surface area contributed by atoms with E-state index in [1.807, 2.05) is 12.1 Å². The number of hydrogen-bond donors (Lipinski definition) is 0. The van der Waals surface area contributed by atoms with Crippen molar-refractivity contribution in [3.63, 3.8) is 0 Å². The van der Waals surface area contributed by atoms with E-state index in [0.717, 1.165) is 0 Å². The zero-order valence-electron chi connectivity index (χ0n) is 14.1. The van der Waals surface area contributed by atoms with E-state index in [9.17, 15) is 9.59 Å². The molecule has 26 heavy (non-hydrogen) atoms. The van der Waals surface area contributed by atoms with Gasteiger partial charge in [0.15, 0.2) is 11.6 Å². The second-order valence-corrected chi connectivity index (χ2v) is 6.01. The molecule has 0 saturated carbocycles. The molecule has 1 unspecified atom stereocenters. The second-order valence-electron chi connectivity index (χ2n) is 6.01. The van der Waals surface area contributed by atoms with Gasteiger partial charge in [0.2, 0.25) is 0 Å². The first-order chi connectivity index (χ1) is 12.7. The van der Waals surface area contributed by atoms with E-state index in [1.54, 1.807) is 72.8 Å². The van der Waals surface area contributed by atoms with E-state index < -0.39 is 5.92 Å². The van der Waals surface area contributed by atoms with Crippen LogP contribution in [0, 0.1) is 11.3 Å². The van der Waals surface area contributed by atoms with Crippen LogP contribution in [0.4, 0.5) is 0 Å². The molecule has 0 bridgehead atoms. The maximum absolute atomic E-state index is 13.1. The number of carbonyl (C=O) groups excluding carboxylic acids is 2. The summed E-state index contributed by atoms with van der Waals surface area (Å²) < 4.78 is 0. The van der Waals surface area contributed by atoms with Crippen molar-refractivity contribution in [1.82, 2.24) is 0 Å². The number of hydrogen-bond acceptors (Lipinski definition) is 3. The third-order valence-electron chi connectivity index (χ3n) is 4.28. The van der Waals surface area contributed by atoms with Crippen LogP contribution < -0.4 is 0 Å². The van der Waals surface area contributed by atoms with Crippen LogP contribution in [0.25, 0.3) is 0 Å². The van der Waals surface area contributed by atoms with Gasteiger partial charge in [-0.25, -0.2) is 0 Å². The molecular weight excluding hydrogens is 322 g/mol. The minimum Gasteiger partial charge on any atom is -0.294 e. The van der Waals surface area contributed by atoms with Gasteiger partial charge < -0.3 is 0 Å². The molecule has 126 valence electrons. The third-order valence-corrected chi connectivity index (χ3v) is 4.28. The van der Waals surface area contributed by atoms with Gasteiger partial charge in [0.25, 0.3) is 0 Å². The average Bonchev–Trinajstić information content (AvgIpc) is 2.72. The largest absolute Gasteiger partial charge is 0.294 e. The molecule has 0 spiro atoms. The van der Waals surface area contributed by atoms with E-state index in [0.29, 0.717) is 22.3 Å². The molecule has 3 heteroatoms. The SMILES string of the molecule is N#Cc1cccc(C(CC(=O)c2ccccc2)C(=O)c2ccccc2)c1. The van der Waals surface area contributed by atoms with E-state index in [4.69, 9.17) is 5.26 Å². The molecule has 0 amide bonds. The normalized spacial score (nSPS) is 11.3. The smallest absolute Gasteiger partial charge is 0.170 e. The summed E-state index contributed by atoms with van der Waals surface area (Å²) in [7, 11) is 0. The van der Waals surface area contributed by atoms with Gasteiger partial charge in [0.05, 0.1) is 17.6 Å². The molecule has 1 atom stereocenters. The Morgan fingerprint density at radius 3 is 2.04 bits per heavy atom. The van der Waals surface area contributed by atoms with Crippen LogP contribution in [0.1, 0.15) is 44.2 Å². The van der Waals surface area contributed by atoms with Crippen molar-refractivity contribution in [2.24, 2.45) is 0 Å². The molecule has 3 rings (SSSR count). The first kappa shape index (κ1) is 17.3. The minimum absolute atomic E-state index is 0.0621. The molecule has 3 aromatic carbocycles. The van der Waals surface area contributed by atoms with Crippen LogP contribution in [-0.2, 0) is 0 Å². The van der Waals surface area contributed by atoms with Crippen LogP contribution >= 0.6 is 0 Å². The van der Waals surface area contributed by atoms with E-state index in [2.05, 4.69) is 6.07 Å². The topological polar surface area (TPSA) is 57.9 Å². The second kappa shape index (κ2) is 8.04. The van der Waals surface area contributed by atoms with Crippen LogP contribution in [0.15, 0.2) is 84.9 Å². The Hall–Kier alpha value is -3.51. The fourth-order valence-corrected chi connectivity index (χ4v) is 2.92. The zero-order chi connectivity index (χ0) is 18.4. The molecule has 3 nitrogen and oxygen atoms in total. The molecular formula is C23H17NO2. The maximum Gasteiger partial charge on any atom is 0.170 e. The number of Topliss-reactive ketones (excluding diaryl/α,β-unsaturated/α-hetero) is 2. The van der Waals surface area contributed by atoms with Gasteiger partial charge >= 0.3 is 0 Å². The highest BCUT2D eigenvalue weighted by molar-refractivity contribution is 6.06. The number of nitriles is 1. The van der Waals surface area contributed by atoms with Gasteiger partial charge in [0.1, 0.15) is 0 Å². The first-order valence-corrected chi connectivity index (χ1v) is 8.36. The standard InChI is InChI=1S/C23H17NO2/c24-16-17-8-7-13-20(14-17)21(23(26)19-11-5-2-6-12-19)15-22(25)18-9-3-1-4-10-18/h1-14,21H,15H2. The highest BCUT2D eigenvalue weighted by atomic mass is 16.1. The Balaban J connectivity index is 1.97. The highest BCUT2D eigenvalue weighted by Gasteiger charge is 2.25. The van der Waals surface area contributed by atoms with Crippen LogP contribution in [0.3, 0.4) is 0 Å². The summed E-state index contributed by atoms with van der Waals surface area (Å²) in [5, 5.41) is 9.16. The van der Waals surface area contributed by atoms with Crippen LogP contribution in [0.5, 0.6) is 0 Å². The van der Waals surface area contributed by atoms with Crippen molar-refractivity contribution in [1.29, 1.82) is 5.26 Å². The minimum atomic E-state index is -0.626. The predicted molar refractivity (Wildman–Crippen MR) is 100 cm³/mol. The summed E-state index contributed by atoms with van der Waals surface area (Å²) in [6.07, 6.45) is 0.0621. The Labute approximate surface area is 152 Å². The van der Waals surface area contributed by atoms with Gasteiger partial charge in [0, 0.05) is 17.5 Å². The van der Waals surface area contributed by atoms with Gasteiger partial charge in [-0.05, 0) is 17.7 Å². The van der Waals surface area contributed by atoms with Gasteiger partial charge in [-0.15, -0.1) is 0 Å². The third kappa shape index (κ3) is 3.93. The van der Waals surface area contributed by atoms with Crippen molar-refractivity contribution in [3.8, 4) is 6.07 Å². The summed E-state index contributed by atoms with van der Waals surface area (Å²) in [6.45, 7) is 0. The first-order valence-electron chi connectivity index (χ1n) is 8.36. The molecule has 0 aliphatic heterocycles. The average molecular weight is 339 g/mol. The van der Waals surface area contributed by atoms with Crippen molar-refractivity contribution >= 4 is 11.6 Å².